The zero-order valence-corrected chi connectivity index (χ0v) is 27.9. The summed E-state index contributed by atoms with van der Waals surface area (Å²) >= 11 is 6.19. The van der Waals surface area contributed by atoms with E-state index in [9.17, 15) is 27.6 Å². The van der Waals surface area contributed by atoms with E-state index in [1.54, 1.807) is 31.7 Å². The van der Waals surface area contributed by atoms with Gasteiger partial charge in [0, 0.05) is 68.9 Å². The summed E-state index contributed by atoms with van der Waals surface area (Å²) in [6.45, 7) is 6.72. The number of piperidine rings is 1. The predicted octanol–water partition coefficient (Wildman–Crippen LogP) is 6.74. The van der Waals surface area contributed by atoms with Crippen molar-refractivity contribution in [3.63, 3.8) is 0 Å². The number of carbonyl (C=O) groups excluding carboxylic acids is 3. The fourth-order valence-electron chi connectivity index (χ4n) is 5.71. The number of halogens is 6. The summed E-state index contributed by atoms with van der Waals surface area (Å²) in [5.41, 5.74) is -0.651. The Labute approximate surface area is 281 Å². The number of ether oxygens (including phenoxy) is 1. The molecule has 2 aliphatic rings. The van der Waals surface area contributed by atoms with E-state index in [4.69, 9.17) is 16.3 Å². The summed E-state index contributed by atoms with van der Waals surface area (Å²) in [5.74, 6) is -4.05. The summed E-state index contributed by atoms with van der Waals surface area (Å²) in [4.78, 5) is 43.6. The SMILES string of the molecule is CC(C)(C)OC(=O)N1CCCC[C@@H]1CC(=O)NCc1ccc(C(=O)Nc2ccc(Cl)cc2N2CCN(CCC(F)(F)F)CC2)c(F)c1F. The van der Waals surface area contributed by atoms with Crippen LogP contribution in [-0.4, -0.2) is 84.8 Å². The maximum Gasteiger partial charge on any atom is 0.410 e. The summed E-state index contributed by atoms with van der Waals surface area (Å²) in [7, 11) is 0. The van der Waals surface area contributed by atoms with Gasteiger partial charge in [0.15, 0.2) is 11.6 Å². The van der Waals surface area contributed by atoms with Crippen LogP contribution in [0.25, 0.3) is 0 Å². The van der Waals surface area contributed by atoms with Gasteiger partial charge < -0.3 is 25.2 Å². The van der Waals surface area contributed by atoms with Crippen molar-refractivity contribution < 1.29 is 41.1 Å². The smallest absolute Gasteiger partial charge is 0.410 e. The van der Waals surface area contributed by atoms with Gasteiger partial charge in [-0.2, -0.15) is 13.2 Å². The third kappa shape index (κ3) is 10.4. The van der Waals surface area contributed by atoms with Crippen molar-refractivity contribution in [3.05, 3.63) is 58.1 Å². The number of nitrogens with zero attached hydrogens (tertiary/aromatic N) is 3. The number of benzene rings is 2. The molecule has 15 heteroatoms. The van der Waals surface area contributed by atoms with Crippen LogP contribution in [-0.2, 0) is 16.1 Å². The van der Waals surface area contributed by atoms with E-state index in [1.807, 2.05) is 4.90 Å². The summed E-state index contributed by atoms with van der Waals surface area (Å²) < 4.78 is 73.7. The largest absolute Gasteiger partial charge is 0.444 e. The molecule has 2 aromatic rings. The molecular weight excluding hydrogens is 661 g/mol. The van der Waals surface area contributed by atoms with Crippen LogP contribution in [0, 0.1) is 11.6 Å². The van der Waals surface area contributed by atoms with Gasteiger partial charge >= 0.3 is 12.3 Å². The summed E-state index contributed by atoms with van der Waals surface area (Å²) in [6, 6.07) is 6.56. The van der Waals surface area contributed by atoms with Crippen LogP contribution in [0.15, 0.2) is 30.3 Å². The van der Waals surface area contributed by atoms with E-state index in [2.05, 4.69) is 10.6 Å². The monoisotopic (exact) mass is 701 g/mol. The Morgan fingerprint density at radius 3 is 2.33 bits per heavy atom. The Bertz CT molecular complexity index is 1480. The molecule has 4 rings (SSSR count). The van der Waals surface area contributed by atoms with Gasteiger partial charge in [-0.25, -0.2) is 13.6 Å². The number of anilines is 2. The molecule has 0 aliphatic carbocycles. The van der Waals surface area contributed by atoms with Gasteiger partial charge in [0.25, 0.3) is 5.91 Å². The maximum atomic E-state index is 15.2. The maximum absolute atomic E-state index is 15.2. The minimum atomic E-state index is -4.25. The Morgan fingerprint density at radius 1 is 0.958 bits per heavy atom. The van der Waals surface area contributed by atoms with E-state index < -0.39 is 59.3 Å². The van der Waals surface area contributed by atoms with Crippen LogP contribution in [0.3, 0.4) is 0 Å². The van der Waals surface area contributed by atoms with Gasteiger partial charge in [-0.15, -0.1) is 0 Å². The average Bonchev–Trinajstić information content (AvgIpc) is 3.01. The molecule has 48 heavy (non-hydrogen) atoms. The molecule has 0 unspecified atom stereocenters. The molecule has 2 aromatic carbocycles. The quantitative estimate of drug-likeness (QED) is 0.282. The van der Waals surface area contributed by atoms with Gasteiger partial charge in [0.05, 0.1) is 23.4 Å². The molecule has 1 atom stereocenters. The molecule has 9 nitrogen and oxygen atoms in total. The first kappa shape index (κ1) is 37.2. The molecule has 2 saturated heterocycles. The third-order valence-electron chi connectivity index (χ3n) is 8.19. The van der Waals surface area contributed by atoms with Crippen LogP contribution in [0.1, 0.15) is 68.8 Å². The highest BCUT2D eigenvalue weighted by Crippen LogP contribution is 2.32. The Morgan fingerprint density at radius 2 is 1.67 bits per heavy atom. The fourth-order valence-corrected chi connectivity index (χ4v) is 5.88. The molecule has 2 aliphatic heterocycles. The fraction of sp³-hybridized carbons (Fsp3) is 0.545. The number of hydrogen-bond acceptors (Lipinski definition) is 6. The van der Waals surface area contributed by atoms with Gasteiger partial charge in [0.2, 0.25) is 5.91 Å². The molecule has 3 amide bonds. The molecule has 2 N–H and O–H groups in total. The van der Waals surface area contributed by atoms with Crippen molar-refractivity contribution >= 4 is 40.9 Å². The number of alkyl halides is 3. The molecule has 0 bridgehead atoms. The van der Waals surface area contributed by atoms with E-state index in [-0.39, 0.29) is 30.8 Å². The van der Waals surface area contributed by atoms with Gasteiger partial charge in [-0.05, 0) is 64.3 Å². The van der Waals surface area contributed by atoms with Gasteiger partial charge in [0.1, 0.15) is 5.60 Å². The molecule has 2 heterocycles. The average molecular weight is 702 g/mol. The highest BCUT2D eigenvalue weighted by molar-refractivity contribution is 6.31. The third-order valence-corrected chi connectivity index (χ3v) is 8.43. The summed E-state index contributed by atoms with van der Waals surface area (Å²) in [5, 5.41) is 5.53. The van der Waals surface area contributed by atoms with Crippen molar-refractivity contribution in [1.29, 1.82) is 0 Å². The highest BCUT2D eigenvalue weighted by atomic mass is 35.5. The van der Waals surface area contributed by atoms with Crippen LogP contribution in [0.2, 0.25) is 5.02 Å². The standard InChI is InChI=1S/C33H41ClF5N5O4/c1-32(2,3)48-31(47)44-12-5-4-6-23(44)19-27(45)40-20-21-7-9-24(29(36)28(21)35)30(46)41-25-10-8-22(34)18-26(25)43-16-14-42(15-17-43)13-11-33(37,38)39/h7-10,18,23H,4-6,11-17,19-20H2,1-3H3,(H,40,45)(H,41,46)/t23-/m1/s1. The number of hydrogen-bond donors (Lipinski definition) is 2. The zero-order chi connectivity index (χ0) is 35.2. The second-order valence-electron chi connectivity index (χ2n) is 13.0. The molecule has 0 aromatic heterocycles. The number of likely N-dealkylation sites (tertiary alicyclic amines) is 1. The van der Waals surface area contributed by atoms with E-state index in [0.29, 0.717) is 49.9 Å². The first-order valence-corrected chi connectivity index (χ1v) is 16.3. The van der Waals surface area contributed by atoms with Crippen molar-refractivity contribution in [2.75, 3.05) is 49.5 Å². The lowest BCUT2D eigenvalue weighted by atomic mass is 9.99. The van der Waals surface area contributed by atoms with E-state index in [0.717, 1.165) is 18.9 Å². The lowest BCUT2D eigenvalue weighted by molar-refractivity contribution is -0.138. The first-order valence-electron chi connectivity index (χ1n) is 15.9. The lowest BCUT2D eigenvalue weighted by Gasteiger charge is -2.37. The molecule has 0 spiro atoms. The second kappa shape index (κ2) is 15.7. The van der Waals surface area contributed by atoms with Crippen molar-refractivity contribution in [2.24, 2.45) is 0 Å². The Hall–Kier alpha value is -3.65. The van der Waals surface area contributed by atoms with E-state index in [1.165, 1.54) is 23.1 Å². The van der Waals surface area contributed by atoms with Gasteiger partial charge in [-0.3, -0.25) is 14.5 Å². The first-order chi connectivity index (χ1) is 22.5. The Balaban J connectivity index is 1.36. The van der Waals surface area contributed by atoms with Crippen LogP contribution in [0.4, 0.5) is 38.1 Å². The van der Waals surface area contributed by atoms with Crippen molar-refractivity contribution in [2.45, 2.75) is 77.2 Å². The topological polar surface area (TPSA) is 94.2 Å². The predicted molar refractivity (Wildman–Crippen MR) is 172 cm³/mol. The molecule has 2 fully saturated rings. The number of carbonyl (C=O) groups is 3. The molecular formula is C33H41ClF5N5O4. The normalized spacial score (nSPS) is 17.6. The van der Waals surface area contributed by atoms with Crippen LogP contribution < -0.4 is 15.5 Å². The zero-order valence-electron chi connectivity index (χ0n) is 27.2. The van der Waals surface area contributed by atoms with Crippen LogP contribution in [0.5, 0.6) is 0 Å². The van der Waals surface area contributed by atoms with Crippen molar-refractivity contribution in [1.82, 2.24) is 15.1 Å². The number of amides is 3. The second-order valence-corrected chi connectivity index (χ2v) is 13.5. The highest BCUT2D eigenvalue weighted by Gasteiger charge is 2.32. The van der Waals surface area contributed by atoms with Crippen LogP contribution >= 0.6 is 11.6 Å². The number of piperazine rings is 1. The van der Waals surface area contributed by atoms with E-state index >= 15 is 8.78 Å². The molecule has 0 radical (unpaired) electrons. The minimum Gasteiger partial charge on any atom is -0.444 e. The Kier molecular flexibility index (Phi) is 12.2. The molecule has 0 saturated carbocycles. The van der Waals surface area contributed by atoms with Gasteiger partial charge in [-0.1, -0.05) is 17.7 Å². The van der Waals surface area contributed by atoms with Crippen molar-refractivity contribution in [3.8, 4) is 0 Å². The number of nitrogens with one attached hydrogen (secondary N) is 2. The molecule has 264 valence electrons. The number of rotatable bonds is 9. The minimum absolute atomic E-state index is 0.0319. The summed E-state index contributed by atoms with van der Waals surface area (Å²) in [6.07, 6.45) is -3.47. The lowest BCUT2D eigenvalue weighted by Crippen LogP contribution is -2.47.